The molecule has 0 bridgehead atoms. The molecule has 0 fully saturated rings. The molecule has 6 nitrogen and oxygen atoms in total. The first-order valence-corrected chi connectivity index (χ1v) is 8.96. The summed E-state index contributed by atoms with van der Waals surface area (Å²) in [6.07, 6.45) is 9.67. The van der Waals surface area contributed by atoms with Crippen molar-refractivity contribution in [2.75, 3.05) is 13.7 Å². The van der Waals surface area contributed by atoms with Crippen LogP contribution in [0.15, 0.2) is 77.6 Å². The highest BCUT2D eigenvalue weighted by Crippen LogP contribution is 2.16. The second-order valence-corrected chi connectivity index (χ2v) is 7.05. The van der Waals surface area contributed by atoms with Gasteiger partial charge >= 0.3 is 0 Å². The van der Waals surface area contributed by atoms with Gasteiger partial charge in [0.05, 0.1) is 18.6 Å². The predicted molar refractivity (Wildman–Crippen MR) is 91.7 cm³/mol. The van der Waals surface area contributed by atoms with E-state index in [0.29, 0.717) is 18.8 Å². The molecule has 1 aromatic carbocycles. The van der Waals surface area contributed by atoms with Crippen LogP contribution in [0.2, 0.25) is 0 Å². The van der Waals surface area contributed by atoms with Crippen molar-refractivity contribution in [2.45, 2.75) is 11.4 Å². The number of aromatic nitrogens is 1. The first kappa shape index (κ1) is 16.4. The number of rotatable bonds is 6. The summed E-state index contributed by atoms with van der Waals surface area (Å²) in [5.74, 6) is 0.615. The molecule has 0 unspecified atom stereocenters. The molecular formula is C17H19N3O3S. The summed E-state index contributed by atoms with van der Waals surface area (Å²) < 4.78 is 32.0. The highest BCUT2D eigenvalue weighted by atomic mass is 32.2. The van der Waals surface area contributed by atoms with Gasteiger partial charge in [0.2, 0.25) is 0 Å². The topological polar surface area (TPSA) is 63.6 Å². The number of benzene rings is 1. The first-order chi connectivity index (χ1) is 11.6. The smallest absolute Gasteiger partial charge is 0.257 e. The standard InChI is InChI=1S/C17H19N3O3S/c1-23-16-6-8-17(9-7-16)24(21,22)18-20-12-4-5-15(14-20)13-19-10-2-3-11-19/h2-11,14,18H,12-13H2,1H3. The van der Waals surface area contributed by atoms with Gasteiger partial charge in [-0.25, -0.2) is 8.42 Å². The van der Waals surface area contributed by atoms with Crippen molar-refractivity contribution in [3.8, 4) is 5.75 Å². The van der Waals surface area contributed by atoms with E-state index >= 15 is 0 Å². The molecule has 0 aliphatic carbocycles. The van der Waals surface area contributed by atoms with Gasteiger partial charge in [-0.3, -0.25) is 5.01 Å². The zero-order chi connectivity index (χ0) is 17.0. The van der Waals surface area contributed by atoms with Crippen molar-refractivity contribution < 1.29 is 13.2 Å². The number of hydrazine groups is 1. The number of ether oxygens (including phenoxy) is 1. The Morgan fingerprint density at radius 3 is 2.54 bits per heavy atom. The number of methoxy groups -OCH3 is 1. The number of hydrogen-bond donors (Lipinski definition) is 1. The lowest BCUT2D eigenvalue weighted by Gasteiger charge is -2.24. The van der Waals surface area contributed by atoms with Crippen LogP contribution < -0.4 is 9.57 Å². The van der Waals surface area contributed by atoms with Gasteiger partial charge < -0.3 is 9.30 Å². The molecule has 0 spiro atoms. The lowest BCUT2D eigenvalue weighted by Crippen LogP contribution is -2.39. The van der Waals surface area contributed by atoms with Crippen LogP contribution in [0.25, 0.3) is 0 Å². The van der Waals surface area contributed by atoms with Gasteiger partial charge in [-0.1, -0.05) is 12.2 Å². The monoisotopic (exact) mass is 345 g/mol. The summed E-state index contributed by atoms with van der Waals surface area (Å²) in [5.41, 5.74) is 1.01. The van der Waals surface area contributed by atoms with Gasteiger partial charge in [0, 0.05) is 25.1 Å². The van der Waals surface area contributed by atoms with E-state index in [9.17, 15) is 8.42 Å². The third-order valence-electron chi connectivity index (χ3n) is 3.59. The quantitative estimate of drug-likeness (QED) is 0.871. The van der Waals surface area contributed by atoms with Crippen LogP contribution in [0.3, 0.4) is 0 Å². The minimum Gasteiger partial charge on any atom is -0.497 e. The van der Waals surface area contributed by atoms with Crippen LogP contribution in [-0.2, 0) is 16.6 Å². The molecule has 126 valence electrons. The fraction of sp³-hybridized carbons (Fsp3) is 0.176. The molecule has 3 rings (SSSR count). The van der Waals surface area contributed by atoms with E-state index in [1.807, 2.05) is 41.2 Å². The fourth-order valence-electron chi connectivity index (χ4n) is 2.42. The maximum atomic E-state index is 12.5. The summed E-state index contributed by atoms with van der Waals surface area (Å²) in [5, 5.41) is 1.57. The Balaban J connectivity index is 1.71. The summed E-state index contributed by atoms with van der Waals surface area (Å²) in [4.78, 5) is 2.78. The molecule has 0 amide bonds. The van der Waals surface area contributed by atoms with E-state index in [-0.39, 0.29) is 4.90 Å². The summed E-state index contributed by atoms with van der Waals surface area (Å²) in [6, 6.07) is 10.2. The van der Waals surface area contributed by atoms with Crippen LogP contribution in [0.5, 0.6) is 5.75 Å². The molecule has 0 radical (unpaired) electrons. The van der Waals surface area contributed by atoms with E-state index in [2.05, 4.69) is 4.83 Å². The highest BCUT2D eigenvalue weighted by Gasteiger charge is 2.17. The number of sulfonamides is 1. The zero-order valence-electron chi connectivity index (χ0n) is 13.3. The third kappa shape index (κ3) is 3.87. The molecular weight excluding hydrogens is 326 g/mol. The average molecular weight is 345 g/mol. The van der Waals surface area contributed by atoms with Gasteiger partial charge in [0.1, 0.15) is 5.75 Å². The van der Waals surface area contributed by atoms with Crippen LogP contribution in [0, 0.1) is 0 Å². The van der Waals surface area contributed by atoms with E-state index in [0.717, 1.165) is 5.57 Å². The Morgan fingerprint density at radius 2 is 1.88 bits per heavy atom. The summed E-state index contributed by atoms with van der Waals surface area (Å²) >= 11 is 0. The largest absolute Gasteiger partial charge is 0.497 e. The van der Waals surface area contributed by atoms with Crippen molar-refractivity contribution in [2.24, 2.45) is 0 Å². The van der Waals surface area contributed by atoms with E-state index < -0.39 is 10.0 Å². The second kappa shape index (κ2) is 6.94. The van der Waals surface area contributed by atoms with Gasteiger partial charge in [-0.05, 0) is 42.0 Å². The molecule has 2 aromatic rings. The molecule has 0 saturated carbocycles. The van der Waals surface area contributed by atoms with Gasteiger partial charge in [-0.2, -0.15) is 0 Å². The molecule has 1 aromatic heterocycles. The molecule has 0 saturated heterocycles. The van der Waals surface area contributed by atoms with Gasteiger partial charge in [0.15, 0.2) is 0 Å². The van der Waals surface area contributed by atoms with Crippen molar-refractivity contribution in [1.82, 2.24) is 14.4 Å². The van der Waals surface area contributed by atoms with Crippen molar-refractivity contribution >= 4 is 10.0 Å². The number of nitrogens with zero attached hydrogens (tertiary/aromatic N) is 2. The Morgan fingerprint density at radius 1 is 1.17 bits per heavy atom. The van der Waals surface area contributed by atoms with Crippen molar-refractivity contribution in [3.05, 3.63) is 72.7 Å². The van der Waals surface area contributed by atoms with Gasteiger partial charge in [0.25, 0.3) is 10.0 Å². The first-order valence-electron chi connectivity index (χ1n) is 7.48. The number of hydrogen-bond acceptors (Lipinski definition) is 4. The molecule has 1 N–H and O–H groups in total. The Labute approximate surface area is 141 Å². The lowest BCUT2D eigenvalue weighted by molar-refractivity contribution is 0.362. The van der Waals surface area contributed by atoms with E-state index in [4.69, 9.17) is 4.74 Å². The van der Waals surface area contributed by atoms with E-state index in [1.165, 1.54) is 12.1 Å². The molecule has 1 aliphatic rings. The van der Waals surface area contributed by atoms with Crippen molar-refractivity contribution in [1.29, 1.82) is 0 Å². The third-order valence-corrected chi connectivity index (χ3v) is 4.96. The maximum Gasteiger partial charge on any atom is 0.257 e. The van der Waals surface area contributed by atoms with Crippen LogP contribution >= 0.6 is 0 Å². The number of nitrogens with one attached hydrogen (secondary N) is 1. The Kier molecular flexibility index (Phi) is 4.73. The van der Waals surface area contributed by atoms with Crippen LogP contribution in [0.1, 0.15) is 0 Å². The summed E-state index contributed by atoms with van der Waals surface area (Å²) in [7, 11) is -2.09. The average Bonchev–Trinajstić information content (AvgIpc) is 3.08. The molecule has 7 heteroatoms. The van der Waals surface area contributed by atoms with E-state index in [1.54, 1.807) is 30.5 Å². The second-order valence-electron chi connectivity index (χ2n) is 5.38. The van der Waals surface area contributed by atoms with Crippen LogP contribution in [-0.4, -0.2) is 31.6 Å². The van der Waals surface area contributed by atoms with Crippen LogP contribution in [0.4, 0.5) is 0 Å². The molecule has 24 heavy (non-hydrogen) atoms. The fourth-order valence-corrected chi connectivity index (χ4v) is 3.45. The highest BCUT2D eigenvalue weighted by molar-refractivity contribution is 7.89. The minimum absolute atomic E-state index is 0.193. The molecule has 2 heterocycles. The predicted octanol–water partition coefficient (Wildman–Crippen LogP) is 2.15. The van der Waals surface area contributed by atoms with Gasteiger partial charge in [-0.15, -0.1) is 4.83 Å². The molecule has 1 aliphatic heterocycles. The Bertz CT molecular complexity index is 838. The minimum atomic E-state index is -3.64. The SMILES string of the molecule is COc1ccc(S(=O)(=O)NN2C=C(Cn3cccc3)C=CC2)cc1. The normalized spacial score (nSPS) is 14.5. The zero-order valence-corrected chi connectivity index (χ0v) is 14.1. The lowest BCUT2D eigenvalue weighted by atomic mass is 10.2. The summed E-state index contributed by atoms with van der Waals surface area (Å²) in [6.45, 7) is 1.16. The van der Waals surface area contributed by atoms with Crippen molar-refractivity contribution in [3.63, 3.8) is 0 Å². The maximum absolute atomic E-state index is 12.5. The molecule has 0 atom stereocenters. The number of allylic oxidation sites excluding steroid dienone is 2. The Hall–Kier alpha value is -2.51.